The second-order valence-corrected chi connectivity index (χ2v) is 8.32. The Morgan fingerprint density at radius 3 is 1.55 bits per heavy atom. The van der Waals surface area contributed by atoms with Gasteiger partial charge in [-0.2, -0.15) is 21.0 Å². The van der Waals surface area contributed by atoms with E-state index in [2.05, 4.69) is 4.18 Å². The van der Waals surface area contributed by atoms with Gasteiger partial charge in [0.15, 0.2) is 0 Å². The van der Waals surface area contributed by atoms with Crippen molar-refractivity contribution in [2.45, 2.75) is 37.6 Å². The van der Waals surface area contributed by atoms with E-state index in [1.165, 1.54) is 0 Å². The predicted molar refractivity (Wildman–Crippen MR) is 68.9 cm³/mol. The molecule has 1 saturated carbocycles. The summed E-state index contributed by atoms with van der Waals surface area (Å²) in [4.78, 5) is 0. The van der Waals surface area contributed by atoms with E-state index in [9.17, 15) is 21.0 Å². The highest BCUT2D eigenvalue weighted by molar-refractivity contribution is 7.86. The van der Waals surface area contributed by atoms with E-state index in [-0.39, 0.29) is 19.3 Å². The van der Waals surface area contributed by atoms with Gasteiger partial charge in [-0.15, -0.1) is 0 Å². The zero-order chi connectivity index (χ0) is 15.6. The van der Waals surface area contributed by atoms with Gasteiger partial charge in [-0.25, -0.2) is 0 Å². The van der Waals surface area contributed by atoms with Crippen LogP contribution in [0.5, 0.6) is 0 Å². The smallest absolute Gasteiger partial charge is 0.284 e. The molecule has 0 bridgehead atoms. The van der Waals surface area contributed by atoms with Crippen LogP contribution in [0, 0.1) is 0 Å². The summed E-state index contributed by atoms with van der Waals surface area (Å²) >= 11 is -2.55. The highest BCUT2D eigenvalue weighted by Crippen LogP contribution is 2.28. The highest BCUT2D eigenvalue weighted by Gasteiger charge is 2.35. The summed E-state index contributed by atoms with van der Waals surface area (Å²) in [6.45, 7) is 0. The molecule has 12 heteroatoms. The van der Waals surface area contributed by atoms with Crippen LogP contribution >= 0.6 is 0 Å². The zero-order valence-corrected chi connectivity index (χ0v) is 13.2. The first-order chi connectivity index (χ1) is 8.94. The fourth-order valence-electron chi connectivity index (χ4n) is 2.01. The fourth-order valence-corrected chi connectivity index (χ4v) is 3.71. The topological polar surface area (TPSA) is 133 Å². The molecular formula is C8H16O9S3. The normalized spacial score (nSPS) is 30.1. The molecule has 120 valence electrons. The average molecular weight is 352 g/mol. The second kappa shape index (κ2) is 6.77. The number of hydrogen-bond acceptors (Lipinski definition) is 8. The average Bonchev–Trinajstić information content (AvgIpc) is 2.08. The lowest BCUT2D eigenvalue weighted by Gasteiger charge is -2.32. The summed E-state index contributed by atoms with van der Waals surface area (Å²) < 4.78 is 77.9. The van der Waals surface area contributed by atoms with Crippen molar-refractivity contribution >= 4 is 31.6 Å². The molecule has 1 aliphatic rings. The Bertz CT molecular complexity index is 510. The first-order valence-electron chi connectivity index (χ1n) is 5.49. The minimum Gasteiger partial charge on any atom is -0.284 e. The van der Waals surface area contributed by atoms with Crippen LogP contribution in [0.3, 0.4) is 0 Å². The minimum atomic E-state index is -3.74. The minimum absolute atomic E-state index is 0.0259. The van der Waals surface area contributed by atoms with Crippen molar-refractivity contribution in [3.8, 4) is 0 Å². The summed E-state index contributed by atoms with van der Waals surface area (Å²) in [5, 5.41) is 0. The lowest BCUT2D eigenvalue weighted by Crippen LogP contribution is -2.39. The summed E-state index contributed by atoms with van der Waals surface area (Å²) in [5.41, 5.74) is 0. The van der Waals surface area contributed by atoms with Gasteiger partial charge in [0.25, 0.3) is 20.2 Å². The van der Waals surface area contributed by atoms with Crippen molar-refractivity contribution < 1.29 is 38.1 Å². The van der Waals surface area contributed by atoms with Gasteiger partial charge in [0.05, 0.1) is 30.8 Å². The Balaban J connectivity index is 2.79. The van der Waals surface area contributed by atoms with Gasteiger partial charge in [-0.1, -0.05) is 0 Å². The summed E-state index contributed by atoms with van der Waals surface area (Å²) in [5.74, 6) is 0. The van der Waals surface area contributed by atoms with E-state index >= 15 is 0 Å². The van der Waals surface area contributed by atoms with Crippen molar-refractivity contribution in [2.75, 3.05) is 12.5 Å². The third kappa shape index (κ3) is 7.61. The summed E-state index contributed by atoms with van der Waals surface area (Å²) in [7, 11) is -7.48. The Hall–Kier alpha value is -0.110. The van der Waals surface area contributed by atoms with Crippen LogP contribution in [-0.4, -0.2) is 56.4 Å². The molecule has 0 spiro atoms. The molecule has 3 unspecified atom stereocenters. The molecule has 9 nitrogen and oxygen atoms in total. The third-order valence-corrected chi connectivity index (χ3v) is 4.10. The maximum absolute atomic E-state index is 11.1. The van der Waals surface area contributed by atoms with Crippen LogP contribution in [0.15, 0.2) is 0 Å². The van der Waals surface area contributed by atoms with E-state index in [1.807, 2.05) is 0 Å². The lowest BCUT2D eigenvalue weighted by atomic mass is 9.93. The van der Waals surface area contributed by atoms with Crippen LogP contribution in [0.4, 0.5) is 0 Å². The summed E-state index contributed by atoms with van der Waals surface area (Å²) in [6, 6.07) is 0. The molecule has 3 atom stereocenters. The fraction of sp³-hybridized carbons (Fsp3) is 1.00. The Morgan fingerprint density at radius 1 is 0.900 bits per heavy atom. The van der Waals surface area contributed by atoms with E-state index in [1.54, 1.807) is 0 Å². The van der Waals surface area contributed by atoms with Crippen LogP contribution in [0.1, 0.15) is 19.3 Å². The molecule has 0 aromatic rings. The Kier molecular flexibility index (Phi) is 6.07. The molecule has 0 saturated heterocycles. The van der Waals surface area contributed by atoms with Crippen LogP contribution in [-0.2, 0) is 44.1 Å². The Labute approximate surface area is 120 Å². The quantitative estimate of drug-likeness (QED) is 0.490. The highest BCUT2D eigenvalue weighted by atomic mass is 32.2. The van der Waals surface area contributed by atoms with E-state index in [0.29, 0.717) is 0 Å². The van der Waals surface area contributed by atoms with Gasteiger partial charge in [0.1, 0.15) is 0 Å². The standard InChI is InChI=1S/C8H16O9S3/c1-19(11,12)16-7-3-6(15-18(9)10)4-8(5-7)17-20(2,13)14/h6-8H,3-5H2,1-2H3,(H,9,10). The third-order valence-electron chi connectivity index (χ3n) is 2.42. The zero-order valence-electron chi connectivity index (χ0n) is 10.8. The molecule has 1 fully saturated rings. The number of hydrogen-bond donors (Lipinski definition) is 1. The maximum Gasteiger partial charge on any atom is 0.302 e. The number of rotatable bonds is 6. The second-order valence-electron chi connectivity index (χ2n) is 4.49. The first kappa shape index (κ1) is 17.9. The molecule has 20 heavy (non-hydrogen) atoms. The van der Waals surface area contributed by atoms with E-state index in [4.69, 9.17) is 12.9 Å². The molecular weight excluding hydrogens is 336 g/mol. The molecule has 1 N–H and O–H groups in total. The van der Waals surface area contributed by atoms with Crippen molar-refractivity contribution in [1.29, 1.82) is 0 Å². The molecule has 0 aliphatic heterocycles. The molecule has 0 amide bonds. The van der Waals surface area contributed by atoms with Gasteiger partial charge in [0.2, 0.25) is 0 Å². The summed E-state index contributed by atoms with van der Waals surface area (Å²) in [6.07, 6.45) is -0.766. The molecule has 0 aromatic heterocycles. The van der Waals surface area contributed by atoms with Gasteiger partial charge >= 0.3 is 11.4 Å². The largest absolute Gasteiger partial charge is 0.302 e. The van der Waals surface area contributed by atoms with Crippen molar-refractivity contribution in [2.24, 2.45) is 0 Å². The Morgan fingerprint density at radius 2 is 1.25 bits per heavy atom. The van der Waals surface area contributed by atoms with Crippen LogP contribution in [0.25, 0.3) is 0 Å². The van der Waals surface area contributed by atoms with Gasteiger partial charge < -0.3 is 0 Å². The van der Waals surface area contributed by atoms with Gasteiger partial charge in [0, 0.05) is 19.3 Å². The monoisotopic (exact) mass is 352 g/mol. The van der Waals surface area contributed by atoms with Crippen molar-refractivity contribution in [1.82, 2.24) is 0 Å². The predicted octanol–water partition coefficient (Wildman–Crippen LogP) is -0.618. The molecule has 0 radical (unpaired) electrons. The van der Waals surface area contributed by atoms with Crippen molar-refractivity contribution in [3.05, 3.63) is 0 Å². The lowest BCUT2D eigenvalue weighted by molar-refractivity contribution is 0.0128. The SMILES string of the molecule is CS(=O)(=O)OC1CC(OS(=O)O)CC(OS(C)(=O)=O)C1. The van der Waals surface area contributed by atoms with Gasteiger partial charge in [-0.3, -0.25) is 17.1 Å². The maximum atomic E-state index is 11.1. The van der Waals surface area contributed by atoms with Gasteiger partial charge in [-0.05, 0) is 0 Å². The van der Waals surface area contributed by atoms with Crippen molar-refractivity contribution in [3.63, 3.8) is 0 Å². The molecule has 0 heterocycles. The van der Waals surface area contributed by atoms with E-state index in [0.717, 1.165) is 12.5 Å². The first-order valence-corrected chi connectivity index (χ1v) is 10.2. The molecule has 1 rings (SSSR count). The molecule has 1 aliphatic carbocycles. The van der Waals surface area contributed by atoms with Crippen LogP contribution < -0.4 is 0 Å². The molecule has 0 aromatic carbocycles. The van der Waals surface area contributed by atoms with E-state index < -0.39 is 49.9 Å². The van der Waals surface area contributed by atoms with Crippen LogP contribution in [0.2, 0.25) is 0 Å².